The number of rotatable bonds is 6. The smallest absolute Gasteiger partial charge is 0.228 e. The number of hydrogen-bond acceptors (Lipinski definition) is 2. The molecule has 0 atom stereocenters. The number of anilines is 1. The van der Waals surface area contributed by atoms with Gasteiger partial charge in [-0.15, -0.1) is 0 Å². The van der Waals surface area contributed by atoms with Crippen molar-refractivity contribution in [2.45, 2.75) is 40.2 Å². The zero-order valence-electron chi connectivity index (χ0n) is 11.9. The second kappa shape index (κ2) is 7.17. The topological polar surface area (TPSA) is 32.3 Å². The van der Waals surface area contributed by atoms with E-state index in [9.17, 15) is 4.79 Å². The zero-order valence-corrected chi connectivity index (χ0v) is 11.9. The first-order chi connectivity index (χ1) is 8.54. The van der Waals surface area contributed by atoms with E-state index in [4.69, 9.17) is 0 Å². The summed E-state index contributed by atoms with van der Waals surface area (Å²) < 4.78 is 0. The second-order valence-electron chi connectivity index (χ2n) is 4.84. The molecule has 1 aromatic carbocycles. The number of hydrogen-bond donors (Lipinski definition) is 1. The van der Waals surface area contributed by atoms with E-state index >= 15 is 0 Å². The summed E-state index contributed by atoms with van der Waals surface area (Å²) in [6, 6.07) is 8.50. The van der Waals surface area contributed by atoms with Gasteiger partial charge in [-0.1, -0.05) is 26.0 Å². The Morgan fingerprint density at radius 1 is 1.39 bits per heavy atom. The molecular weight excluding hydrogens is 224 g/mol. The number of benzene rings is 1. The third-order valence-corrected chi connectivity index (χ3v) is 2.82. The van der Waals surface area contributed by atoms with Crippen LogP contribution in [0.25, 0.3) is 0 Å². The fourth-order valence-electron chi connectivity index (χ4n) is 1.90. The minimum atomic E-state index is 0.177. The molecule has 0 aromatic heterocycles. The molecule has 0 saturated heterocycles. The molecular formula is C15H24N2O. The van der Waals surface area contributed by atoms with Gasteiger partial charge in [0.2, 0.25) is 5.91 Å². The van der Waals surface area contributed by atoms with Crippen LogP contribution in [0, 0.1) is 6.92 Å². The monoisotopic (exact) mass is 248 g/mol. The lowest BCUT2D eigenvalue weighted by molar-refractivity contribution is -0.118. The first-order valence-corrected chi connectivity index (χ1v) is 6.65. The predicted molar refractivity (Wildman–Crippen MR) is 77.0 cm³/mol. The van der Waals surface area contributed by atoms with Crippen LogP contribution in [0.15, 0.2) is 24.3 Å². The molecule has 0 heterocycles. The first-order valence-electron chi connectivity index (χ1n) is 6.65. The van der Waals surface area contributed by atoms with Crippen LogP contribution in [0.1, 0.15) is 32.8 Å². The van der Waals surface area contributed by atoms with E-state index in [1.807, 2.05) is 36.9 Å². The van der Waals surface area contributed by atoms with Crippen molar-refractivity contribution >= 4 is 11.6 Å². The molecule has 1 N–H and O–H groups in total. The summed E-state index contributed by atoms with van der Waals surface area (Å²) in [6.45, 7) is 9.67. The molecule has 0 aliphatic heterocycles. The van der Waals surface area contributed by atoms with Crippen LogP contribution in [0.4, 0.5) is 5.69 Å². The molecule has 3 nitrogen and oxygen atoms in total. The largest absolute Gasteiger partial charge is 0.314 e. The third-order valence-electron chi connectivity index (χ3n) is 2.82. The summed E-state index contributed by atoms with van der Waals surface area (Å²) >= 11 is 0. The van der Waals surface area contributed by atoms with Crippen molar-refractivity contribution in [1.29, 1.82) is 0 Å². The normalized spacial score (nSPS) is 10.7. The average molecular weight is 248 g/mol. The second-order valence-corrected chi connectivity index (χ2v) is 4.84. The van der Waals surface area contributed by atoms with Crippen LogP contribution in [0.3, 0.4) is 0 Å². The minimum Gasteiger partial charge on any atom is -0.314 e. The summed E-state index contributed by atoms with van der Waals surface area (Å²) in [4.78, 5) is 14.0. The van der Waals surface area contributed by atoms with Gasteiger partial charge in [0.05, 0.1) is 0 Å². The predicted octanol–water partition coefficient (Wildman–Crippen LogP) is 2.74. The number of nitrogens with zero attached hydrogens (tertiary/aromatic N) is 1. The molecule has 0 unspecified atom stereocenters. The van der Waals surface area contributed by atoms with Crippen molar-refractivity contribution in [1.82, 2.24) is 5.32 Å². The molecule has 1 rings (SSSR count). The lowest BCUT2D eigenvalue weighted by Crippen LogP contribution is -2.34. The van der Waals surface area contributed by atoms with Crippen molar-refractivity contribution in [3.63, 3.8) is 0 Å². The number of amides is 1. The van der Waals surface area contributed by atoms with Crippen molar-refractivity contribution in [2.75, 3.05) is 18.0 Å². The lowest BCUT2D eigenvalue weighted by Gasteiger charge is -2.22. The molecule has 0 aliphatic rings. The first kappa shape index (κ1) is 14.7. The Balaban J connectivity index is 2.63. The summed E-state index contributed by atoms with van der Waals surface area (Å²) in [5.41, 5.74) is 2.17. The molecule has 0 fully saturated rings. The zero-order chi connectivity index (χ0) is 13.5. The Bertz CT molecular complexity index is 388. The van der Waals surface area contributed by atoms with Gasteiger partial charge in [-0.05, 0) is 31.5 Å². The quantitative estimate of drug-likeness (QED) is 0.839. The minimum absolute atomic E-state index is 0.177. The number of carbonyl (C=O) groups excluding carboxylic acids is 1. The maximum absolute atomic E-state index is 12.2. The van der Waals surface area contributed by atoms with Crippen LogP contribution < -0.4 is 10.2 Å². The van der Waals surface area contributed by atoms with E-state index in [1.54, 1.807) is 0 Å². The fraction of sp³-hybridized carbons (Fsp3) is 0.533. The van der Waals surface area contributed by atoms with Crippen LogP contribution in [0.5, 0.6) is 0 Å². The van der Waals surface area contributed by atoms with Crippen molar-refractivity contribution in [3.8, 4) is 0 Å². The van der Waals surface area contributed by atoms with Gasteiger partial charge in [-0.2, -0.15) is 0 Å². The highest BCUT2D eigenvalue weighted by Crippen LogP contribution is 2.16. The van der Waals surface area contributed by atoms with Crippen LogP contribution in [-0.4, -0.2) is 25.0 Å². The Labute approximate surface area is 110 Å². The fourth-order valence-corrected chi connectivity index (χ4v) is 1.90. The van der Waals surface area contributed by atoms with Crippen LogP contribution >= 0.6 is 0 Å². The SMILES string of the molecule is CCN(C(=O)CCNC(C)C)c1cccc(C)c1. The highest BCUT2D eigenvalue weighted by atomic mass is 16.2. The van der Waals surface area contributed by atoms with Crippen LogP contribution in [-0.2, 0) is 4.79 Å². The molecule has 3 heteroatoms. The Morgan fingerprint density at radius 3 is 2.67 bits per heavy atom. The van der Waals surface area contributed by atoms with Crippen molar-refractivity contribution in [3.05, 3.63) is 29.8 Å². The molecule has 0 radical (unpaired) electrons. The van der Waals surface area contributed by atoms with E-state index in [0.29, 0.717) is 19.0 Å². The van der Waals surface area contributed by atoms with E-state index < -0.39 is 0 Å². The standard InChI is InChI=1S/C15H24N2O/c1-5-17(14-8-6-7-13(4)11-14)15(18)9-10-16-12(2)3/h6-8,11-12,16H,5,9-10H2,1-4H3. The van der Waals surface area contributed by atoms with E-state index in [1.165, 1.54) is 5.56 Å². The van der Waals surface area contributed by atoms with E-state index in [2.05, 4.69) is 25.2 Å². The van der Waals surface area contributed by atoms with Gasteiger partial charge in [0.15, 0.2) is 0 Å². The Kier molecular flexibility index (Phi) is 5.86. The molecule has 1 amide bonds. The molecule has 18 heavy (non-hydrogen) atoms. The molecule has 1 aromatic rings. The number of nitrogens with one attached hydrogen (secondary N) is 1. The number of aryl methyl sites for hydroxylation is 1. The number of carbonyl (C=O) groups is 1. The average Bonchev–Trinajstić information content (AvgIpc) is 2.29. The molecule has 0 bridgehead atoms. The summed E-state index contributed by atoms with van der Waals surface area (Å²) in [6.07, 6.45) is 0.542. The van der Waals surface area contributed by atoms with Gasteiger partial charge < -0.3 is 10.2 Å². The van der Waals surface area contributed by atoms with Gasteiger partial charge in [-0.25, -0.2) is 0 Å². The van der Waals surface area contributed by atoms with E-state index in [-0.39, 0.29) is 5.91 Å². The third kappa shape index (κ3) is 4.49. The lowest BCUT2D eigenvalue weighted by atomic mass is 10.2. The Hall–Kier alpha value is -1.35. The molecule has 0 aliphatic carbocycles. The molecule has 0 spiro atoms. The van der Waals surface area contributed by atoms with Gasteiger partial charge >= 0.3 is 0 Å². The maximum atomic E-state index is 12.2. The summed E-state index contributed by atoms with van der Waals surface area (Å²) in [5, 5.41) is 3.27. The highest BCUT2D eigenvalue weighted by Gasteiger charge is 2.13. The van der Waals surface area contributed by atoms with Crippen LogP contribution in [0.2, 0.25) is 0 Å². The van der Waals surface area contributed by atoms with Gasteiger partial charge in [0.1, 0.15) is 0 Å². The summed E-state index contributed by atoms with van der Waals surface area (Å²) in [5.74, 6) is 0.177. The molecule has 100 valence electrons. The summed E-state index contributed by atoms with van der Waals surface area (Å²) in [7, 11) is 0. The molecule has 0 saturated carbocycles. The van der Waals surface area contributed by atoms with Gasteiger partial charge in [0, 0.05) is 31.2 Å². The van der Waals surface area contributed by atoms with Gasteiger partial charge in [0.25, 0.3) is 0 Å². The van der Waals surface area contributed by atoms with Gasteiger partial charge in [-0.3, -0.25) is 4.79 Å². The van der Waals surface area contributed by atoms with Crippen molar-refractivity contribution in [2.24, 2.45) is 0 Å². The van der Waals surface area contributed by atoms with Crippen molar-refractivity contribution < 1.29 is 4.79 Å². The van der Waals surface area contributed by atoms with E-state index in [0.717, 1.165) is 12.2 Å². The maximum Gasteiger partial charge on any atom is 0.228 e. The highest BCUT2D eigenvalue weighted by molar-refractivity contribution is 5.93. The Morgan fingerprint density at radius 2 is 2.11 bits per heavy atom.